The summed E-state index contributed by atoms with van der Waals surface area (Å²) < 4.78 is 4.95. The van der Waals surface area contributed by atoms with Crippen molar-refractivity contribution in [2.24, 2.45) is 5.73 Å². The maximum absolute atomic E-state index is 9.44. The number of phenols is 1. The van der Waals surface area contributed by atoms with Crippen LogP contribution in [0, 0.1) is 6.92 Å². The summed E-state index contributed by atoms with van der Waals surface area (Å²) in [7, 11) is 1.47. The maximum Gasteiger partial charge on any atom is 0.160 e. The standard InChI is InChI=1S/C10H15NO3/c1-6-3-9(13)10(14-2)4-7(6)8(11)5-12/h3-4,8,12-13H,5,11H2,1-2H3/t8-/m1/s1. The molecule has 1 aromatic rings. The highest BCUT2D eigenvalue weighted by molar-refractivity contribution is 5.47. The summed E-state index contributed by atoms with van der Waals surface area (Å²) in [6, 6.07) is 2.78. The lowest BCUT2D eigenvalue weighted by atomic mass is 10.0. The van der Waals surface area contributed by atoms with Crippen molar-refractivity contribution < 1.29 is 14.9 Å². The zero-order valence-electron chi connectivity index (χ0n) is 8.32. The Morgan fingerprint density at radius 1 is 1.50 bits per heavy atom. The number of aryl methyl sites for hydroxylation is 1. The Hall–Kier alpha value is -1.26. The number of hydrogen-bond donors (Lipinski definition) is 3. The van der Waals surface area contributed by atoms with Crippen LogP contribution >= 0.6 is 0 Å². The quantitative estimate of drug-likeness (QED) is 0.666. The number of nitrogens with two attached hydrogens (primary N) is 1. The van der Waals surface area contributed by atoms with E-state index in [0.29, 0.717) is 5.75 Å². The molecule has 0 aliphatic rings. The molecular formula is C10H15NO3. The van der Waals surface area contributed by atoms with Gasteiger partial charge < -0.3 is 20.7 Å². The molecule has 0 amide bonds. The molecule has 0 bridgehead atoms. The first-order valence-corrected chi connectivity index (χ1v) is 4.34. The molecule has 0 heterocycles. The van der Waals surface area contributed by atoms with Gasteiger partial charge in [0.05, 0.1) is 19.8 Å². The van der Waals surface area contributed by atoms with Crippen molar-refractivity contribution in [2.45, 2.75) is 13.0 Å². The number of aromatic hydroxyl groups is 1. The summed E-state index contributed by atoms with van der Waals surface area (Å²) in [4.78, 5) is 0. The Morgan fingerprint density at radius 2 is 2.14 bits per heavy atom. The first-order chi connectivity index (χ1) is 6.60. The zero-order chi connectivity index (χ0) is 10.7. The van der Waals surface area contributed by atoms with E-state index in [-0.39, 0.29) is 12.4 Å². The number of benzene rings is 1. The van der Waals surface area contributed by atoms with Crippen molar-refractivity contribution in [3.63, 3.8) is 0 Å². The first-order valence-electron chi connectivity index (χ1n) is 4.34. The Kier molecular flexibility index (Phi) is 3.33. The third-order valence-corrected chi connectivity index (χ3v) is 2.16. The molecule has 0 saturated heterocycles. The van der Waals surface area contributed by atoms with Crippen LogP contribution < -0.4 is 10.5 Å². The van der Waals surface area contributed by atoms with Crippen LogP contribution in [-0.2, 0) is 0 Å². The Balaban J connectivity index is 3.17. The maximum atomic E-state index is 9.44. The van der Waals surface area contributed by atoms with E-state index in [1.165, 1.54) is 7.11 Å². The second-order valence-electron chi connectivity index (χ2n) is 3.17. The van der Waals surface area contributed by atoms with Crippen LogP contribution in [0.5, 0.6) is 11.5 Å². The van der Waals surface area contributed by atoms with E-state index in [1.54, 1.807) is 12.1 Å². The minimum absolute atomic E-state index is 0.0823. The van der Waals surface area contributed by atoms with Crippen molar-refractivity contribution in [3.05, 3.63) is 23.3 Å². The fourth-order valence-electron chi connectivity index (χ4n) is 1.35. The van der Waals surface area contributed by atoms with Gasteiger partial charge in [-0.2, -0.15) is 0 Å². The topological polar surface area (TPSA) is 75.7 Å². The fourth-order valence-corrected chi connectivity index (χ4v) is 1.35. The number of aliphatic hydroxyl groups is 1. The van der Waals surface area contributed by atoms with Gasteiger partial charge in [-0.05, 0) is 30.2 Å². The first kappa shape index (κ1) is 10.8. The normalized spacial score (nSPS) is 12.6. The fraction of sp³-hybridized carbons (Fsp3) is 0.400. The number of methoxy groups -OCH3 is 1. The van der Waals surface area contributed by atoms with Crippen LogP contribution in [-0.4, -0.2) is 23.9 Å². The molecule has 78 valence electrons. The number of ether oxygens (including phenoxy) is 1. The smallest absolute Gasteiger partial charge is 0.160 e. The molecule has 0 unspecified atom stereocenters. The molecule has 1 atom stereocenters. The third kappa shape index (κ3) is 1.97. The minimum atomic E-state index is -0.440. The van der Waals surface area contributed by atoms with Gasteiger partial charge in [0.1, 0.15) is 0 Å². The van der Waals surface area contributed by atoms with E-state index in [1.807, 2.05) is 6.92 Å². The zero-order valence-corrected chi connectivity index (χ0v) is 8.32. The van der Waals surface area contributed by atoms with Gasteiger partial charge in [-0.3, -0.25) is 0 Å². The predicted molar refractivity (Wildman–Crippen MR) is 53.4 cm³/mol. The van der Waals surface area contributed by atoms with Crippen molar-refractivity contribution in [2.75, 3.05) is 13.7 Å². The summed E-state index contributed by atoms with van der Waals surface area (Å²) in [6.07, 6.45) is 0. The van der Waals surface area contributed by atoms with Crippen LogP contribution in [0.1, 0.15) is 17.2 Å². The molecule has 1 rings (SSSR count). The molecule has 0 fully saturated rings. The minimum Gasteiger partial charge on any atom is -0.504 e. The lowest BCUT2D eigenvalue weighted by molar-refractivity contribution is 0.267. The molecule has 0 aliphatic heterocycles. The van der Waals surface area contributed by atoms with Gasteiger partial charge in [-0.15, -0.1) is 0 Å². The molecule has 4 N–H and O–H groups in total. The van der Waals surface area contributed by atoms with E-state index in [2.05, 4.69) is 0 Å². The molecular weight excluding hydrogens is 182 g/mol. The van der Waals surface area contributed by atoms with Gasteiger partial charge in [0.25, 0.3) is 0 Å². The number of rotatable bonds is 3. The average Bonchev–Trinajstić information content (AvgIpc) is 2.17. The molecule has 1 aromatic carbocycles. The molecule has 0 aliphatic carbocycles. The van der Waals surface area contributed by atoms with E-state index in [9.17, 15) is 5.11 Å². The summed E-state index contributed by atoms with van der Waals surface area (Å²) in [5, 5.41) is 18.4. The van der Waals surface area contributed by atoms with E-state index in [4.69, 9.17) is 15.6 Å². The Bertz CT molecular complexity index is 325. The van der Waals surface area contributed by atoms with Crippen LogP contribution in [0.3, 0.4) is 0 Å². The molecule has 14 heavy (non-hydrogen) atoms. The summed E-state index contributed by atoms with van der Waals surface area (Å²) in [6.45, 7) is 1.69. The second kappa shape index (κ2) is 4.30. The Labute approximate surface area is 82.9 Å². The van der Waals surface area contributed by atoms with Crippen LogP contribution in [0.4, 0.5) is 0 Å². The van der Waals surface area contributed by atoms with E-state index in [0.717, 1.165) is 11.1 Å². The lowest BCUT2D eigenvalue weighted by Gasteiger charge is -2.14. The van der Waals surface area contributed by atoms with E-state index >= 15 is 0 Å². The summed E-state index contributed by atoms with van der Waals surface area (Å²) in [5.74, 6) is 0.452. The van der Waals surface area contributed by atoms with Crippen molar-refractivity contribution in [1.82, 2.24) is 0 Å². The van der Waals surface area contributed by atoms with Crippen LogP contribution in [0.15, 0.2) is 12.1 Å². The third-order valence-electron chi connectivity index (χ3n) is 2.16. The molecule has 4 heteroatoms. The SMILES string of the molecule is COc1cc([C@H](N)CO)c(C)cc1O. The van der Waals surface area contributed by atoms with Crippen molar-refractivity contribution in [3.8, 4) is 11.5 Å². The van der Waals surface area contributed by atoms with Crippen molar-refractivity contribution in [1.29, 1.82) is 0 Å². The molecule has 4 nitrogen and oxygen atoms in total. The molecule has 0 aromatic heterocycles. The summed E-state index contributed by atoms with van der Waals surface area (Å²) >= 11 is 0. The highest BCUT2D eigenvalue weighted by atomic mass is 16.5. The monoisotopic (exact) mass is 197 g/mol. The number of hydrogen-bond acceptors (Lipinski definition) is 4. The molecule has 0 radical (unpaired) electrons. The van der Waals surface area contributed by atoms with Crippen LogP contribution in [0.2, 0.25) is 0 Å². The van der Waals surface area contributed by atoms with Crippen molar-refractivity contribution >= 4 is 0 Å². The van der Waals surface area contributed by atoms with Gasteiger partial charge in [0.2, 0.25) is 0 Å². The largest absolute Gasteiger partial charge is 0.504 e. The van der Waals surface area contributed by atoms with E-state index < -0.39 is 6.04 Å². The van der Waals surface area contributed by atoms with Gasteiger partial charge in [0, 0.05) is 0 Å². The molecule has 0 spiro atoms. The highest BCUT2D eigenvalue weighted by Gasteiger charge is 2.12. The second-order valence-corrected chi connectivity index (χ2v) is 3.17. The predicted octanol–water partition coefficient (Wildman–Crippen LogP) is 0.701. The van der Waals surface area contributed by atoms with Gasteiger partial charge in [0.15, 0.2) is 11.5 Å². The highest BCUT2D eigenvalue weighted by Crippen LogP contribution is 2.31. The average molecular weight is 197 g/mol. The number of phenolic OH excluding ortho intramolecular Hbond substituents is 1. The van der Waals surface area contributed by atoms with Gasteiger partial charge in [-0.25, -0.2) is 0 Å². The van der Waals surface area contributed by atoms with Crippen LogP contribution in [0.25, 0.3) is 0 Å². The molecule has 0 saturated carbocycles. The Morgan fingerprint density at radius 3 is 2.64 bits per heavy atom. The summed E-state index contributed by atoms with van der Waals surface area (Å²) in [5.41, 5.74) is 7.30. The van der Waals surface area contributed by atoms with Gasteiger partial charge in [-0.1, -0.05) is 0 Å². The van der Waals surface area contributed by atoms with Gasteiger partial charge >= 0.3 is 0 Å². The number of aliphatic hydroxyl groups excluding tert-OH is 1. The lowest BCUT2D eigenvalue weighted by Crippen LogP contribution is -2.15.